The number of nitrogens with two attached hydrogens (primary N) is 1. The average Bonchev–Trinajstić information content (AvgIpc) is 2.78. The zero-order chi connectivity index (χ0) is 12.4. The van der Waals surface area contributed by atoms with Crippen LogP contribution in [0.1, 0.15) is 20.8 Å². The molecule has 0 aliphatic rings. The predicted molar refractivity (Wildman–Crippen MR) is 57.3 cm³/mol. The fraction of sp³-hybridized carbons (Fsp3) is 0. The van der Waals surface area contributed by atoms with Gasteiger partial charge in [-0.1, -0.05) is 12.1 Å². The molecule has 0 saturated heterocycles. The number of H-pyrrole nitrogens is 1. The first-order chi connectivity index (χ1) is 8.09. The number of rotatable bonds is 3. The van der Waals surface area contributed by atoms with E-state index < -0.39 is 11.9 Å². The lowest BCUT2D eigenvalue weighted by Gasteiger charge is -1.99. The van der Waals surface area contributed by atoms with Gasteiger partial charge in [-0.3, -0.25) is 4.79 Å². The predicted octanol–water partition coefficient (Wildman–Crippen LogP) is 0.269. The summed E-state index contributed by atoms with van der Waals surface area (Å²) in [6.45, 7) is 0. The number of aromatic carboxylic acids is 1. The van der Waals surface area contributed by atoms with Crippen molar-refractivity contribution < 1.29 is 14.7 Å². The van der Waals surface area contributed by atoms with Gasteiger partial charge in [0.1, 0.15) is 5.69 Å². The molecule has 0 radical (unpaired) electrons. The van der Waals surface area contributed by atoms with Gasteiger partial charge in [0, 0.05) is 5.56 Å². The molecule has 0 saturated carbocycles. The Hall–Kier alpha value is -2.70. The number of aromatic amines is 1. The van der Waals surface area contributed by atoms with Crippen LogP contribution in [0.4, 0.5) is 0 Å². The maximum Gasteiger partial charge on any atom is 0.335 e. The standard InChI is InChI=1S/C10H8N4O3/c11-9(15)8-7(12-14-13-8)5-1-3-6(4-2-5)10(16)17/h1-4H,(H2,11,15)(H,16,17)(H,12,13,14). The van der Waals surface area contributed by atoms with Gasteiger partial charge in [0.05, 0.1) is 5.56 Å². The molecule has 1 amide bonds. The highest BCUT2D eigenvalue weighted by Crippen LogP contribution is 2.19. The summed E-state index contributed by atoms with van der Waals surface area (Å²) in [5.74, 6) is -1.72. The number of amides is 1. The Labute approximate surface area is 95.3 Å². The van der Waals surface area contributed by atoms with Crippen LogP contribution < -0.4 is 5.73 Å². The smallest absolute Gasteiger partial charge is 0.335 e. The van der Waals surface area contributed by atoms with E-state index in [2.05, 4.69) is 15.4 Å². The highest BCUT2D eigenvalue weighted by molar-refractivity contribution is 5.97. The van der Waals surface area contributed by atoms with Crippen molar-refractivity contribution in [3.63, 3.8) is 0 Å². The number of primary amides is 1. The Morgan fingerprint density at radius 2 is 1.82 bits per heavy atom. The number of carboxylic acid groups (broad SMARTS) is 1. The van der Waals surface area contributed by atoms with Gasteiger partial charge in [-0.15, -0.1) is 0 Å². The molecular formula is C10H8N4O3. The van der Waals surface area contributed by atoms with Gasteiger partial charge >= 0.3 is 5.97 Å². The highest BCUT2D eigenvalue weighted by Gasteiger charge is 2.15. The summed E-state index contributed by atoms with van der Waals surface area (Å²) in [6.07, 6.45) is 0. The summed E-state index contributed by atoms with van der Waals surface area (Å²) in [7, 11) is 0. The fourth-order valence-electron chi connectivity index (χ4n) is 1.37. The topological polar surface area (TPSA) is 122 Å². The minimum absolute atomic E-state index is 0.0214. The van der Waals surface area contributed by atoms with Crippen LogP contribution in [0.25, 0.3) is 11.3 Å². The van der Waals surface area contributed by atoms with Crippen molar-refractivity contribution in [3.05, 3.63) is 35.5 Å². The Kier molecular flexibility index (Phi) is 2.57. The quantitative estimate of drug-likeness (QED) is 0.701. The number of hydrogen-bond acceptors (Lipinski definition) is 4. The molecule has 0 aliphatic carbocycles. The molecule has 7 nitrogen and oxygen atoms in total. The van der Waals surface area contributed by atoms with Crippen LogP contribution in [0.3, 0.4) is 0 Å². The lowest BCUT2D eigenvalue weighted by molar-refractivity contribution is 0.0696. The van der Waals surface area contributed by atoms with E-state index in [0.717, 1.165) is 0 Å². The third-order valence-corrected chi connectivity index (χ3v) is 2.19. The van der Waals surface area contributed by atoms with E-state index in [1.807, 2.05) is 0 Å². The van der Waals surface area contributed by atoms with Crippen LogP contribution in [0, 0.1) is 0 Å². The summed E-state index contributed by atoms with van der Waals surface area (Å²) < 4.78 is 0. The molecule has 7 heteroatoms. The molecule has 4 N–H and O–H groups in total. The summed E-state index contributed by atoms with van der Waals surface area (Å²) in [5, 5.41) is 18.5. The summed E-state index contributed by atoms with van der Waals surface area (Å²) >= 11 is 0. The van der Waals surface area contributed by atoms with Gasteiger partial charge in [-0.25, -0.2) is 4.79 Å². The minimum Gasteiger partial charge on any atom is -0.478 e. The Bertz CT molecular complexity index is 573. The Morgan fingerprint density at radius 3 is 2.35 bits per heavy atom. The van der Waals surface area contributed by atoms with Gasteiger partial charge in [-0.2, -0.15) is 15.4 Å². The molecule has 0 unspecified atom stereocenters. The van der Waals surface area contributed by atoms with Crippen LogP contribution in [-0.4, -0.2) is 32.4 Å². The number of benzene rings is 1. The maximum absolute atomic E-state index is 11.0. The third kappa shape index (κ3) is 1.98. The molecule has 0 spiro atoms. The maximum atomic E-state index is 11.0. The average molecular weight is 232 g/mol. The van der Waals surface area contributed by atoms with E-state index in [-0.39, 0.29) is 11.3 Å². The van der Waals surface area contributed by atoms with Gasteiger partial charge in [0.2, 0.25) is 0 Å². The van der Waals surface area contributed by atoms with Gasteiger partial charge in [0.15, 0.2) is 5.69 Å². The number of carbonyl (C=O) groups is 2. The molecule has 2 aromatic rings. The number of carboxylic acids is 1. The van der Waals surface area contributed by atoms with E-state index in [9.17, 15) is 9.59 Å². The highest BCUT2D eigenvalue weighted by atomic mass is 16.4. The van der Waals surface area contributed by atoms with Crippen molar-refractivity contribution in [2.24, 2.45) is 5.73 Å². The van der Waals surface area contributed by atoms with Crippen LogP contribution in [0.5, 0.6) is 0 Å². The largest absolute Gasteiger partial charge is 0.478 e. The molecule has 1 aromatic heterocycles. The number of nitrogens with one attached hydrogen (secondary N) is 1. The second-order valence-corrected chi connectivity index (χ2v) is 3.27. The van der Waals surface area contributed by atoms with Crippen molar-refractivity contribution in [2.75, 3.05) is 0 Å². The van der Waals surface area contributed by atoms with Crippen molar-refractivity contribution in [2.45, 2.75) is 0 Å². The molecular weight excluding hydrogens is 224 g/mol. The summed E-state index contributed by atoms with van der Waals surface area (Å²) in [5.41, 5.74) is 6.16. The fourth-order valence-corrected chi connectivity index (χ4v) is 1.37. The van der Waals surface area contributed by atoms with Crippen LogP contribution >= 0.6 is 0 Å². The third-order valence-electron chi connectivity index (χ3n) is 2.19. The molecule has 0 atom stereocenters. The molecule has 1 aromatic carbocycles. The number of hydrogen-bond donors (Lipinski definition) is 3. The normalized spacial score (nSPS) is 10.1. The Balaban J connectivity index is 2.43. The number of carbonyl (C=O) groups excluding carboxylic acids is 1. The summed E-state index contributed by atoms with van der Waals surface area (Å²) in [6, 6.07) is 5.90. The van der Waals surface area contributed by atoms with Crippen LogP contribution in [0.2, 0.25) is 0 Å². The second kappa shape index (κ2) is 4.05. The lowest BCUT2D eigenvalue weighted by Crippen LogP contribution is -2.12. The molecule has 17 heavy (non-hydrogen) atoms. The molecule has 86 valence electrons. The second-order valence-electron chi connectivity index (χ2n) is 3.27. The number of aromatic nitrogens is 3. The van der Waals surface area contributed by atoms with Crippen LogP contribution in [0.15, 0.2) is 24.3 Å². The molecule has 0 bridgehead atoms. The zero-order valence-electron chi connectivity index (χ0n) is 8.54. The van der Waals surface area contributed by atoms with E-state index in [0.29, 0.717) is 11.3 Å². The Morgan fingerprint density at radius 1 is 1.18 bits per heavy atom. The SMILES string of the molecule is NC(=O)c1n[nH]nc1-c1ccc(C(=O)O)cc1. The first-order valence-electron chi connectivity index (χ1n) is 4.64. The van der Waals surface area contributed by atoms with E-state index in [1.54, 1.807) is 0 Å². The van der Waals surface area contributed by atoms with Gasteiger partial charge in [0.25, 0.3) is 5.91 Å². The zero-order valence-corrected chi connectivity index (χ0v) is 8.54. The van der Waals surface area contributed by atoms with E-state index in [4.69, 9.17) is 10.8 Å². The minimum atomic E-state index is -1.02. The first-order valence-corrected chi connectivity index (χ1v) is 4.64. The van der Waals surface area contributed by atoms with E-state index in [1.165, 1.54) is 24.3 Å². The van der Waals surface area contributed by atoms with E-state index >= 15 is 0 Å². The monoisotopic (exact) mass is 232 g/mol. The lowest BCUT2D eigenvalue weighted by atomic mass is 10.1. The van der Waals surface area contributed by atoms with Gasteiger partial charge in [-0.05, 0) is 12.1 Å². The molecule has 2 rings (SSSR count). The van der Waals surface area contributed by atoms with Crippen molar-refractivity contribution in [1.29, 1.82) is 0 Å². The van der Waals surface area contributed by atoms with Crippen molar-refractivity contribution in [3.8, 4) is 11.3 Å². The molecule has 0 aliphatic heterocycles. The molecule has 0 fully saturated rings. The molecule has 1 heterocycles. The van der Waals surface area contributed by atoms with Crippen LogP contribution in [-0.2, 0) is 0 Å². The van der Waals surface area contributed by atoms with Crippen molar-refractivity contribution in [1.82, 2.24) is 15.4 Å². The summed E-state index contributed by atoms with van der Waals surface area (Å²) in [4.78, 5) is 21.7. The number of nitrogens with zero attached hydrogens (tertiary/aromatic N) is 2. The van der Waals surface area contributed by atoms with Gasteiger partial charge < -0.3 is 10.8 Å². The van der Waals surface area contributed by atoms with Crippen molar-refractivity contribution >= 4 is 11.9 Å². The first kappa shape index (κ1) is 10.8.